The van der Waals surface area contributed by atoms with E-state index < -0.39 is 6.09 Å². The summed E-state index contributed by atoms with van der Waals surface area (Å²) in [6, 6.07) is 8.23. The van der Waals surface area contributed by atoms with Crippen LogP contribution in [-0.2, 0) is 4.74 Å². The van der Waals surface area contributed by atoms with Crippen molar-refractivity contribution >= 4 is 17.5 Å². The minimum absolute atomic E-state index is 0.374. The molecule has 0 aliphatic carbocycles. The van der Waals surface area contributed by atoms with Gasteiger partial charge >= 0.3 is 6.09 Å². The van der Waals surface area contributed by atoms with Crippen LogP contribution < -0.4 is 10.6 Å². The Hall–Kier alpha value is -1.71. The van der Waals surface area contributed by atoms with Crippen LogP contribution in [0.3, 0.4) is 0 Å². The third-order valence-corrected chi connectivity index (χ3v) is 3.65. The van der Waals surface area contributed by atoms with Gasteiger partial charge in [0, 0.05) is 17.4 Å². The third kappa shape index (κ3) is 6.52. The number of anilines is 2. The van der Waals surface area contributed by atoms with Crippen LogP contribution in [0.25, 0.3) is 0 Å². The average molecular weight is 292 g/mol. The largest absolute Gasteiger partial charge is 0.450 e. The van der Waals surface area contributed by atoms with Crippen LogP contribution in [0.15, 0.2) is 24.3 Å². The first-order valence-electron chi connectivity index (χ1n) is 7.89. The Labute approximate surface area is 128 Å². The number of nitrogens with one attached hydrogen (secondary N) is 2. The number of amides is 1. The molecule has 0 heterocycles. The Kier molecular flexibility index (Phi) is 7.65. The molecule has 21 heavy (non-hydrogen) atoms. The van der Waals surface area contributed by atoms with Crippen molar-refractivity contribution in [1.29, 1.82) is 0 Å². The predicted octanol–water partition coefficient (Wildman–Crippen LogP) is 4.88. The Balaban J connectivity index is 2.54. The Morgan fingerprint density at radius 3 is 2.24 bits per heavy atom. The van der Waals surface area contributed by atoms with Gasteiger partial charge in [-0.2, -0.15) is 0 Å². The summed E-state index contributed by atoms with van der Waals surface area (Å²) in [7, 11) is 0. The van der Waals surface area contributed by atoms with E-state index in [1.165, 1.54) is 12.8 Å². The van der Waals surface area contributed by atoms with Crippen molar-refractivity contribution in [3.63, 3.8) is 0 Å². The van der Waals surface area contributed by atoms with Gasteiger partial charge in [0.05, 0.1) is 6.61 Å². The van der Waals surface area contributed by atoms with Gasteiger partial charge in [-0.1, -0.05) is 27.2 Å². The molecule has 0 radical (unpaired) electrons. The molecule has 118 valence electrons. The topological polar surface area (TPSA) is 50.4 Å². The molecule has 0 aliphatic heterocycles. The standard InChI is InChI=1S/C17H28N2O2/c1-5-13(4)12-14(6-2)18-15-8-10-16(11-9-15)19-17(20)21-7-3/h8-11,13-14,18H,5-7,12H2,1-4H3,(H,19,20). The molecule has 0 aromatic heterocycles. The van der Waals surface area contributed by atoms with Crippen LogP contribution in [0, 0.1) is 5.92 Å². The van der Waals surface area contributed by atoms with Crippen LogP contribution >= 0.6 is 0 Å². The van der Waals surface area contributed by atoms with Crippen molar-refractivity contribution in [3.05, 3.63) is 24.3 Å². The van der Waals surface area contributed by atoms with E-state index in [0.29, 0.717) is 12.6 Å². The van der Waals surface area contributed by atoms with E-state index in [1.54, 1.807) is 6.92 Å². The quantitative estimate of drug-likeness (QED) is 0.718. The van der Waals surface area contributed by atoms with Gasteiger partial charge in [-0.25, -0.2) is 4.79 Å². The number of ether oxygens (including phenoxy) is 1. The van der Waals surface area contributed by atoms with E-state index in [4.69, 9.17) is 4.74 Å². The van der Waals surface area contributed by atoms with Crippen LogP contribution in [-0.4, -0.2) is 18.7 Å². The van der Waals surface area contributed by atoms with Crippen molar-refractivity contribution in [2.75, 3.05) is 17.2 Å². The van der Waals surface area contributed by atoms with Crippen LogP contribution in [0.2, 0.25) is 0 Å². The molecular weight excluding hydrogens is 264 g/mol. The Morgan fingerprint density at radius 2 is 1.71 bits per heavy atom. The molecule has 4 heteroatoms. The van der Waals surface area contributed by atoms with Gasteiger partial charge in [-0.15, -0.1) is 0 Å². The third-order valence-electron chi connectivity index (χ3n) is 3.65. The van der Waals surface area contributed by atoms with Crippen LogP contribution in [0.5, 0.6) is 0 Å². The van der Waals surface area contributed by atoms with Crippen LogP contribution in [0.1, 0.15) is 47.0 Å². The molecule has 0 fully saturated rings. The lowest BCUT2D eigenvalue weighted by Crippen LogP contribution is -2.21. The van der Waals surface area contributed by atoms with E-state index in [9.17, 15) is 4.79 Å². The first-order valence-corrected chi connectivity index (χ1v) is 7.89. The summed E-state index contributed by atoms with van der Waals surface area (Å²) in [5.74, 6) is 0.729. The summed E-state index contributed by atoms with van der Waals surface area (Å²) < 4.78 is 4.85. The highest BCUT2D eigenvalue weighted by Gasteiger charge is 2.10. The lowest BCUT2D eigenvalue weighted by atomic mass is 9.97. The normalized spacial score (nSPS) is 13.3. The molecule has 0 bridgehead atoms. The first kappa shape index (κ1) is 17.3. The molecule has 0 spiro atoms. The molecule has 4 nitrogen and oxygen atoms in total. The van der Waals surface area contributed by atoms with Gasteiger partial charge in [0.15, 0.2) is 0 Å². The second-order valence-electron chi connectivity index (χ2n) is 5.42. The van der Waals surface area contributed by atoms with Gasteiger partial charge in [-0.3, -0.25) is 5.32 Å². The van der Waals surface area contributed by atoms with Gasteiger partial charge in [-0.05, 0) is 49.9 Å². The zero-order chi connectivity index (χ0) is 15.7. The zero-order valence-electron chi connectivity index (χ0n) is 13.6. The van der Waals surface area contributed by atoms with E-state index in [2.05, 4.69) is 31.4 Å². The maximum Gasteiger partial charge on any atom is 0.411 e. The molecule has 1 aromatic carbocycles. The van der Waals surface area contributed by atoms with Gasteiger partial charge in [0.1, 0.15) is 0 Å². The van der Waals surface area contributed by atoms with Crippen molar-refractivity contribution < 1.29 is 9.53 Å². The lowest BCUT2D eigenvalue weighted by Gasteiger charge is -2.21. The van der Waals surface area contributed by atoms with Crippen LogP contribution in [0.4, 0.5) is 16.2 Å². The SMILES string of the molecule is CCOC(=O)Nc1ccc(NC(CC)CC(C)CC)cc1. The number of rotatable bonds is 8. The molecule has 1 amide bonds. The highest BCUT2D eigenvalue weighted by atomic mass is 16.5. The molecule has 0 saturated carbocycles. The molecule has 2 N–H and O–H groups in total. The van der Waals surface area contributed by atoms with Crippen molar-refractivity contribution in [3.8, 4) is 0 Å². The van der Waals surface area contributed by atoms with Gasteiger partial charge < -0.3 is 10.1 Å². The monoisotopic (exact) mass is 292 g/mol. The van der Waals surface area contributed by atoms with E-state index in [-0.39, 0.29) is 0 Å². The maximum absolute atomic E-state index is 11.3. The molecular formula is C17H28N2O2. The van der Waals surface area contributed by atoms with Gasteiger partial charge in [0.25, 0.3) is 0 Å². The Morgan fingerprint density at radius 1 is 1.10 bits per heavy atom. The number of hydrogen-bond donors (Lipinski definition) is 2. The highest BCUT2D eigenvalue weighted by molar-refractivity contribution is 5.84. The molecule has 0 saturated heterocycles. The minimum atomic E-state index is -0.415. The second-order valence-corrected chi connectivity index (χ2v) is 5.42. The van der Waals surface area contributed by atoms with Crippen molar-refractivity contribution in [2.24, 2.45) is 5.92 Å². The molecule has 1 aromatic rings. The summed E-state index contributed by atoms with van der Waals surface area (Å²) in [5.41, 5.74) is 1.83. The average Bonchev–Trinajstić information content (AvgIpc) is 2.48. The molecule has 0 aliphatic rings. The fraction of sp³-hybridized carbons (Fsp3) is 0.588. The molecule has 1 rings (SSSR count). The highest BCUT2D eigenvalue weighted by Crippen LogP contribution is 2.19. The number of benzene rings is 1. The van der Waals surface area contributed by atoms with Crippen molar-refractivity contribution in [2.45, 2.75) is 53.0 Å². The van der Waals surface area contributed by atoms with Gasteiger partial charge in [0.2, 0.25) is 0 Å². The second kappa shape index (κ2) is 9.27. The van der Waals surface area contributed by atoms with E-state index >= 15 is 0 Å². The maximum atomic E-state index is 11.3. The summed E-state index contributed by atoms with van der Waals surface area (Å²) in [4.78, 5) is 11.3. The summed E-state index contributed by atoms with van der Waals surface area (Å²) in [6.45, 7) is 8.88. The Bertz CT molecular complexity index is 417. The smallest absolute Gasteiger partial charge is 0.411 e. The molecule has 2 atom stereocenters. The summed E-state index contributed by atoms with van der Waals surface area (Å²) in [5, 5.41) is 6.25. The number of carbonyl (C=O) groups is 1. The number of carbonyl (C=O) groups excluding carboxylic acids is 1. The number of hydrogen-bond acceptors (Lipinski definition) is 3. The van der Waals surface area contributed by atoms with E-state index in [0.717, 1.165) is 23.7 Å². The summed E-state index contributed by atoms with van der Waals surface area (Å²) in [6.07, 6.45) is 3.07. The summed E-state index contributed by atoms with van der Waals surface area (Å²) >= 11 is 0. The minimum Gasteiger partial charge on any atom is -0.450 e. The van der Waals surface area contributed by atoms with E-state index in [1.807, 2.05) is 24.3 Å². The fourth-order valence-electron chi connectivity index (χ4n) is 2.15. The zero-order valence-corrected chi connectivity index (χ0v) is 13.6. The fourth-order valence-corrected chi connectivity index (χ4v) is 2.15. The predicted molar refractivity (Wildman–Crippen MR) is 88.9 cm³/mol. The van der Waals surface area contributed by atoms with Crippen molar-refractivity contribution in [1.82, 2.24) is 0 Å². The molecule has 2 unspecified atom stereocenters. The first-order chi connectivity index (χ1) is 10.1. The lowest BCUT2D eigenvalue weighted by molar-refractivity contribution is 0.168.